The summed E-state index contributed by atoms with van der Waals surface area (Å²) >= 11 is 0. The van der Waals surface area contributed by atoms with E-state index in [1.54, 1.807) is 0 Å². The zero-order valence-corrected chi connectivity index (χ0v) is 10.7. The third-order valence-electron chi connectivity index (χ3n) is 2.64. The van der Waals surface area contributed by atoms with Crippen molar-refractivity contribution in [3.05, 3.63) is 57.5 Å². The van der Waals surface area contributed by atoms with E-state index < -0.39 is 34.4 Å². The number of aromatic nitrogens is 2. The van der Waals surface area contributed by atoms with Crippen molar-refractivity contribution in [2.45, 2.75) is 6.92 Å². The second-order valence-corrected chi connectivity index (χ2v) is 4.00. The van der Waals surface area contributed by atoms with Crippen LogP contribution in [0.3, 0.4) is 0 Å². The van der Waals surface area contributed by atoms with Crippen LogP contribution in [0.4, 0.5) is 8.78 Å². The minimum atomic E-state index is -0.968. The van der Waals surface area contributed by atoms with Gasteiger partial charge >= 0.3 is 5.97 Å². The Labute approximate surface area is 112 Å². The number of halogens is 2. The highest BCUT2D eigenvalue weighted by Gasteiger charge is 2.18. The lowest BCUT2D eigenvalue weighted by Gasteiger charge is -2.10. The number of esters is 1. The van der Waals surface area contributed by atoms with Crippen molar-refractivity contribution in [1.29, 1.82) is 0 Å². The molecule has 0 saturated heterocycles. The van der Waals surface area contributed by atoms with Crippen molar-refractivity contribution in [2.24, 2.45) is 0 Å². The molecule has 0 amide bonds. The van der Waals surface area contributed by atoms with Gasteiger partial charge in [-0.2, -0.15) is 5.10 Å². The number of methoxy groups -OCH3 is 1. The molecule has 0 fully saturated rings. The fourth-order valence-electron chi connectivity index (χ4n) is 1.66. The zero-order chi connectivity index (χ0) is 14.9. The second kappa shape index (κ2) is 5.20. The Morgan fingerprint density at radius 2 is 1.90 bits per heavy atom. The predicted molar refractivity (Wildman–Crippen MR) is 65.8 cm³/mol. The van der Waals surface area contributed by atoms with Crippen molar-refractivity contribution in [3.63, 3.8) is 0 Å². The van der Waals surface area contributed by atoms with Gasteiger partial charge in [0.15, 0.2) is 11.6 Å². The van der Waals surface area contributed by atoms with Gasteiger partial charge in [0.2, 0.25) is 11.1 Å². The van der Waals surface area contributed by atoms with Gasteiger partial charge in [0.1, 0.15) is 5.69 Å². The van der Waals surface area contributed by atoms with Gasteiger partial charge in [-0.05, 0) is 19.1 Å². The molecular weight excluding hydrogens is 270 g/mol. The van der Waals surface area contributed by atoms with E-state index in [1.165, 1.54) is 13.0 Å². The molecule has 2 aromatic rings. The zero-order valence-electron chi connectivity index (χ0n) is 10.7. The van der Waals surface area contributed by atoms with E-state index in [2.05, 4.69) is 9.84 Å². The van der Waals surface area contributed by atoms with Gasteiger partial charge < -0.3 is 4.74 Å². The first-order valence-corrected chi connectivity index (χ1v) is 5.59. The van der Waals surface area contributed by atoms with Gasteiger partial charge in [0.05, 0.1) is 7.11 Å². The smallest absolute Gasteiger partial charge is 0.362 e. The highest BCUT2D eigenvalue weighted by Crippen LogP contribution is 2.16. The Balaban J connectivity index is 2.74. The number of rotatable bonds is 2. The van der Waals surface area contributed by atoms with E-state index in [0.29, 0.717) is 0 Å². The molecule has 0 aliphatic rings. The number of carbonyl (C=O) groups is 1. The molecule has 0 spiro atoms. The normalized spacial score (nSPS) is 10.4. The van der Waals surface area contributed by atoms with Crippen LogP contribution >= 0.6 is 0 Å². The first-order valence-electron chi connectivity index (χ1n) is 5.59. The molecule has 20 heavy (non-hydrogen) atoms. The van der Waals surface area contributed by atoms with E-state index in [0.717, 1.165) is 30.1 Å². The molecule has 0 saturated carbocycles. The van der Waals surface area contributed by atoms with Gasteiger partial charge in [-0.15, -0.1) is 0 Å². The van der Waals surface area contributed by atoms with E-state index >= 15 is 0 Å². The lowest BCUT2D eigenvalue weighted by Crippen LogP contribution is -2.25. The van der Waals surface area contributed by atoms with Crippen LogP contribution in [-0.4, -0.2) is 22.9 Å². The van der Waals surface area contributed by atoms with Gasteiger partial charge in [-0.1, -0.05) is 6.07 Å². The summed E-state index contributed by atoms with van der Waals surface area (Å²) in [5.74, 6) is -2.70. The van der Waals surface area contributed by atoms with Crippen LogP contribution in [0.5, 0.6) is 0 Å². The summed E-state index contributed by atoms with van der Waals surface area (Å²) in [6.45, 7) is 1.41. The Bertz CT molecular complexity index is 721. The number of ether oxygens (including phenoxy) is 1. The van der Waals surface area contributed by atoms with Gasteiger partial charge in [0.25, 0.3) is 0 Å². The molecule has 1 aromatic heterocycles. The first kappa shape index (κ1) is 13.9. The monoisotopic (exact) mass is 280 g/mol. The summed E-state index contributed by atoms with van der Waals surface area (Å²) in [5, 5.41) is 3.65. The summed E-state index contributed by atoms with van der Waals surface area (Å²) in [4.78, 5) is 23.2. The summed E-state index contributed by atoms with van der Waals surface area (Å²) in [6, 6.07) is 3.29. The van der Waals surface area contributed by atoms with Crippen LogP contribution in [-0.2, 0) is 4.74 Å². The van der Waals surface area contributed by atoms with Crippen LogP contribution < -0.4 is 5.43 Å². The van der Waals surface area contributed by atoms with Crippen LogP contribution in [0.2, 0.25) is 0 Å². The lowest BCUT2D eigenvalue weighted by molar-refractivity contribution is 0.0590. The maximum absolute atomic E-state index is 13.7. The maximum atomic E-state index is 13.7. The highest BCUT2D eigenvalue weighted by atomic mass is 19.1. The highest BCUT2D eigenvalue weighted by molar-refractivity contribution is 5.87. The van der Waals surface area contributed by atoms with Crippen LogP contribution in [0.1, 0.15) is 16.1 Å². The molecule has 0 radical (unpaired) electrons. The van der Waals surface area contributed by atoms with Crippen molar-refractivity contribution in [1.82, 2.24) is 9.78 Å². The molecule has 104 valence electrons. The Hall–Kier alpha value is -2.57. The van der Waals surface area contributed by atoms with E-state index in [9.17, 15) is 18.4 Å². The molecule has 0 aliphatic heterocycles. The standard InChI is InChI=1S/C13H10F2N2O3/c1-7-6-17(11-8(14)4-3-5-9(11)15)16-10(12(7)18)13(19)20-2/h3-6H,1-2H3. The molecule has 1 aromatic carbocycles. The topological polar surface area (TPSA) is 61.2 Å². The van der Waals surface area contributed by atoms with Crippen LogP contribution in [0.15, 0.2) is 29.2 Å². The van der Waals surface area contributed by atoms with E-state index in [1.807, 2.05) is 0 Å². The van der Waals surface area contributed by atoms with Crippen molar-refractivity contribution >= 4 is 5.97 Å². The molecule has 0 unspecified atom stereocenters. The minimum Gasteiger partial charge on any atom is -0.464 e. The number of hydrogen-bond donors (Lipinski definition) is 0. The quantitative estimate of drug-likeness (QED) is 0.784. The molecule has 5 nitrogen and oxygen atoms in total. The SMILES string of the molecule is COC(=O)c1nn(-c2c(F)cccc2F)cc(C)c1=O. The minimum absolute atomic E-state index is 0.114. The molecule has 7 heteroatoms. The Kier molecular flexibility index (Phi) is 3.60. The summed E-state index contributed by atoms with van der Waals surface area (Å²) in [5.41, 5.74) is -1.54. The number of benzene rings is 1. The summed E-state index contributed by atoms with van der Waals surface area (Å²) in [7, 11) is 1.08. The van der Waals surface area contributed by atoms with E-state index in [-0.39, 0.29) is 5.56 Å². The number of aryl methyl sites for hydroxylation is 1. The fourth-order valence-corrected chi connectivity index (χ4v) is 1.66. The van der Waals surface area contributed by atoms with Gasteiger partial charge in [-0.3, -0.25) is 4.79 Å². The fraction of sp³-hybridized carbons (Fsp3) is 0.154. The van der Waals surface area contributed by atoms with Crippen molar-refractivity contribution in [2.75, 3.05) is 7.11 Å². The average molecular weight is 280 g/mol. The molecular formula is C13H10F2N2O3. The van der Waals surface area contributed by atoms with Gasteiger partial charge in [0, 0.05) is 11.8 Å². The largest absolute Gasteiger partial charge is 0.464 e. The maximum Gasteiger partial charge on any atom is 0.362 e. The van der Waals surface area contributed by atoms with E-state index in [4.69, 9.17) is 0 Å². The van der Waals surface area contributed by atoms with Gasteiger partial charge in [-0.25, -0.2) is 18.3 Å². The average Bonchev–Trinajstić information content (AvgIpc) is 2.41. The Morgan fingerprint density at radius 1 is 1.30 bits per heavy atom. The molecule has 0 bridgehead atoms. The summed E-state index contributed by atoms with van der Waals surface area (Å²) < 4.78 is 32.6. The first-order chi connectivity index (χ1) is 9.45. The number of nitrogens with zero attached hydrogens (tertiary/aromatic N) is 2. The van der Waals surface area contributed by atoms with Crippen LogP contribution in [0.25, 0.3) is 5.69 Å². The number of hydrogen-bond acceptors (Lipinski definition) is 4. The molecule has 0 N–H and O–H groups in total. The molecule has 0 aliphatic carbocycles. The lowest BCUT2D eigenvalue weighted by atomic mass is 10.2. The third kappa shape index (κ3) is 2.29. The number of carbonyl (C=O) groups excluding carboxylic acids is 1. The van der Waals surface area contributed by atoms with Crippen LogP contribution in [0, 0.1) is 18.6 Å². The number of para-hydroxylation sites is 1. The summed E-state index contributed by atoms with van der Waals surface area (Å²) in [6.07, 6.45) is 1.15. The van der Waals surface area contributed by atoms with Crippen molar-refractivity contribution < 1.29 is 18.3 Å². The molecule has 0 atom stereocenters. The Morgan fingerprint density at radius 3 is 2.45 bits per heavy atom. The third-order valence-corrected chi connectivity index (χ3v) is 2.64. The second-order valence-electron chi connectivity index (χ2n) is 4.00. The predicted octanol–water partition coefficient (Wildman–Crippen LogP) is 1.61. The van der Waals surface area contributed by atoms with Crippen molar-refractivity contribution in [3.8, 4) is 5.69 Å². The molecule has 2 rings (SSSR count). The molecule has 1 heterocycles.